The lowest BCUT2D eigenvalue weighted by atomic mass is 9.81. The van der Waals surface area contributed by atoms with E-state index >= 15 is 0 Å². The third-order valence-electron chi connectivity index (χ3n) is 5.56. The van der Waals surface area contributed by atoms with Crippen molar-refractivity contribution in [2.24, 2.45) is 17.6 Å². The Bertz CT molecular complexity index is 748. The zero-order chi connectivity index (χ0) is 20.6. The van der Waals surface area contributed by atoms with Crippen LogP contribution in [0.3, 0.4) is 0 Å². The molecule has 1 unspecified atom stereocenters. The average molecular weight is 416 g/mol. The van der Waals surface area contributed by atoms with Crippen LogP contribution in [0.5, 0.6) is 0 Å². The minimum atomic E-state index is -0.276. The predicted molar refractivity (Wildman–Crippen MR) is 116 cm³/mol. The van der Waals surface area contributed by atoms with Gasteiger partial charge < -0.3 is 11.1 Å². The first-order chi connectivity index (χ1) is 14.1. The number of nitrogens with two attached hydrogens (primary N) is 1. The SMILES string of the molecule is NCCSC1CC(=O)N(CC2CCC(C(=O)NC3=C/C=C\C=C/C=C3)CC2)C1=O. The number of rotatable bonds is 7. The second kappa shape index (κ2) is 10.6. The van der Waals surface area contributed by atoms with Crippen LogP contribution in [0.1, 0.15) is 32.1 Å². The highest BCUT2D eigenvalue weighted by atomic mass is 32.2. The topological polar surface area (TPSA) is 92.5 Å². The fourth-order valence-electron chi connectivity index (χ4n) is 3.94. The van der Waals surface area contributed by atoms with Gasteiger partial charge in [0.25, 0.3) is 0 Å². The Morgan fingerprint density at radius 3 is 2.59 bits per heavy atom. The maximum Gasteiger partial charge on any atom is 0.242 e. The molecule has 2 fully saturated rings. The molecule has 3 N–H and O–H groups in total. The van der Waals surface area contributed by atoms with Crippen molar-refractivity contribution in [1.82, 2.24) is 10.2 Å². The molecular weight excluding hydrogens is 386 g/mol. The first-order valence-corrected chi connectivity index (χ1v) is 11.3. The Labute approximate surface area is 176 Å². The molecule has 1 saturated carbocycles. The Hall–Kier alpha value is -2.12. The number of carbonyl (C=O) groups is 3. The van der Waals surface area contributed by atoms with Crippen LogP contribution in [-0.2, 0) is 14.4 Å². The molecule has 0 aromatic heterocycles. The van der Waals surface area contributed by atoms with Crippen LogP contribution in [-0.4, -0.2) is 46.7 Å². The lowest BCUT2D eigenvalue weighted by molar-refractivity contribution is -0.139. The van der Waals surface area contributed by atoms with E-state index in [1.165, 1.54) is 16.7 Å². The molecule has 1 atom stereocenters. The predicted octanol–water partition coefficient (Wildman–Crippen LogP) is 2.29. The van der Waals surface area contributed by atoms with E-state index in [1.807, 2.05) is 42.5 Å². The van der Waals surface area contributed by atoms with Crippen LogP contribution in [0, 0.1) is 11.8 Å². The molecule has 0 aromatic rings. The van der Waals surface area contributed by atoms with Gasteiger partial charge in [0.15, 0.2) is 0 Å². The van der Waals surface area contributed by atoms with Gasteiger partial charge in [-0.05, 0) is 43.8 Å². The van der Waals surface area contributed by atoms with Crippen LogP contribution < -0.4 is 11.1 Å². The highest BCUT2D eigenvalue weighted by Gasteiger charge is 2.40. The molecule has 0 aromatic carbocycles. The summed E-state index contributed by atoms with van der Waals surface area (Å²) in [7, 11) is 0. The highest BCUT2D eigenvalue weighted by molar-refractivity contribution is 8.00. The molecule has 3 amide bonds. The number of nitrogens with one attached hydrogen (secondary N) is 1. The van der Waals surface area contributed by atoms with E-state index in [9.17, 15) is 14.4 Å². The molecule has 6 nitrogen and oxygen atoms in total. The molecule has 3 rings (SSSR count). The lowest BCUT2D eigenvalue weighted by Crippen LogP contribution is -2.38. The number of thioether (sulfide) groups is 1. The van der Waals surface area contributed by atoms with Crippen molar-refractivity contribution in [3.05, 3.63) is 48.2 Å². The van der Waals surface area contributed by atoms with Crippen molar-refractivity contribution in [2.45, 2.75) is 37.4 Å². The van der Waals surface area contributed by atoms with E-state index in [4.69, 9.17) is 5.73 Å². The first-order valence-electron chi connectivity index (χ1n) is 10.3. The zero-order valence-corrected chi connectivity index (χ0v) is 17.4. The van der Waals surface area contributed by atoms with Gasteiger partial charge in [0, 0.05) is 36.9 Å². The van der Waals surface area contributed by atoms with Gasteiger partial charge in [-0.1, -0.05) is 30.4 Å². The summed E-state index contributed by atoms with van der Waals surface area (Å²) in [6.07, 6.45) is 16.9. The van der Waals surface area contributed by atoms with Crippen molar-refractivity contribution in [1.29, 1.82) is 0 Å². The van der Waals surface area contributed by atoms with Crippen molar-refractivity contribution in [3.63, 3.8) is 0 Å². The fraction of sp³-hybridized carbons (Fsp3) is 0.500. The van der Waals surface area contributed by atoms with E-state index in [0.29, 0.717) is 18.8 Å². The number of allylic oxidation sites excluding steroid dienone is 7. The zero-order valence-electron chi connectivity index (χ0n) is 16.6. The van der Waals surface area contributed by atoms with Crippen molar-refractivity contribution in [2.75, 3.05) is 18.8 Å². The summed E-state index contributed by atoms with van der Waals surface area (Å²) in [5.74, 6) is 0.842. The van der Waals surface area contributed by atoms with Gasteiger partial charge >= 0.3 is 0 Å². The number of nitrogens with zero attached hydrogens (tertiary/aromatic N) is 1. The molecule has 1 heterocycles. The Balaban J connectivity index is 1.46. The standard InChI is InChI=1S/C22H29N3O3S/c23-12-13-29-19-14-20(26)25(22(19)28)15-16-8-10-17(11-9-16)21(27)24-18-6-4-2-1-3-5-7-18/h1-7,16-17,19H,8-15,23H2,(H,24,27)/b2-1-,3-1?,4-2?,5-3-,6-4?,7-5?,18-6?,18-7?. The summed E-state index contributed by atoms with van der Waals surface area (Å²) in [6.45, 7) is 0.991. The van der Waals surface area contributed by atoms with Gasteiger partial charge in [-0.25, -0.2) is 0 Å². The first kappa shape index (κ1) is 21.6. The number of hydrogen-bond acceptors (Lipinski definition) is 5. The maximum absolute atomic E-state index is 12.6. The third-order valence-corrected chi connectivity index (χ3v) is 6.80. The molecule has 3 aliphatic rings. The van der Waals surface area contributed by atoms with Crippen LogP contribution in [0.2, 0.25) is 0 Å². The van der Waals surface area contributed by atoms with E-state index < -0.39 is 0 Å². The average Bonchev–Trinajstić information content (AvgIpc) is 2.96. The molecule has 29 heavy (non-hydrogen) atoms. The summed E-state index contributed by atoms with van der Waals surface area (Å²) in [5.41, 5.74) is 6.29. The number of imide groups is 1. The molecule has 1 aliphatic heterocycles. The van der Waals surface area contributed by atoms with E-state index in [0.717, 1.165) is 31.4 Å². The van der Waals surface area contributed by atoms with Crippen molar-refractivity contribution >= 4 is 29.5 Å². The Morgan fingerprint density at radius 1 is 1.10 bits per heavy atom. The summed E-state index contributed by atoms with van der Waals surface area (Å²) < 4.78 is 0. The largest absolute Gasteiger partial charge is 0.330 e. The molecular formula is C22H29N3O3S. The smallest absolute Gasteiger partial charge is 0.242 e. The quantitative estimate of drug-likeness (QED) is 0.623. The van der Waals surface area contributed by atoms with Gasteiger partial charge in [-0.15, -0.1) is 11.8 Å². The summed E-state index contributed by atoms with van der Waals surface area (Å²) in [6, 6.07) is 0. The Kier molecular flexibility index (Phi) is 7.89. The number of hydrogen-bond donors (Lipinski definition) is 2. The fourth-order valence-corrected chi connectivity index (χ4v) is 4.90. The van der Waals surface area contributed by atoms with Crippen LogP contribution in [0.25, 0.3) is 0 Å². The van der Waals surface area contributed by atoms with Crippen LogP contribution >= 0.6 is 11.8 Å². The highest BCUT2D eigenvalue weighted by Crippen LogP contribution is 2.32. The summed E-state index contributed by atoms with van der Waals surface area (Å²) >= 11 is 1.48. The van der Waals surface area contributed by atoms with Crippen LogP contribution in [0.15, 0.2) is 48.2 Å². The van der Waals surface area contributed by atoms with Crippen LogP contribution in [0.4, 0.5) is 0 Å². The van der Waals surface area contributed by atoms with Gasteiger partial charge in [0.1, 0.15) is 0 Å². The lowest BCUT2D eigenvalue weighted by Gasteiger charge is -2.30. The molecule has 0 radical (unpaired) electrons. The van der Waals surface area contributed by atoms with Gasteiger partial charge in [-0.2, -0.15) is 0 Å². The molecule has 1 saturated heterocycles. The van der Waals surface area contributed by atoms with Crippen molar-refractivity contribution in [3.8, 4) is 0 Å². The molecule has 0 spiro atoms. The minimum Gasteiger partial charge on any atom is -0.330 e. The second-order valence-electron chi connectivity index (χ2n) is 7.65. The van der Waals surface area contributed by atoms with E-state index in [1.54, 1.807) is 0 Å². The van der Waals surface area contributed by atoms with Gasteiger partial charge in [-0.3, -0.25) is 19.3 Å². The number of carbonyl (C=O) groups excluding carboxylic acids is 3. The normalized spacial score (nSPS) is 29.2. The van der Waals surface area contributed by atoms with Gasteiger partial charge in [0.2, 0.25) is 17.7 Å². The van der Waals surface area contributed by atoms with Gasteiger partial charge in [0.05, 0.1) is 5.25 Å². The van der Waals surface area contributed by atoms with E-state index in [2.05, 4.69) is 5.32 Å². The van der Waals surface area contributed by atoms with Crippen molar-refractivity contribution < 1.29 is 14.4 Å². The maximum atomic E-state index is 12.6. The molecule has 0 bridgehead atoms. The molecule has 156 valence electrons. The second-order valence-corrected chi connectivity index (χ2v) is 8.96. The third kappa shape index (κ3) is 5.93. The molecule has 7 heteroatoms. The summed E-state index contributed by atoms with van der Waals surface area (Å²) in [4.78, 5) is 38.8. The monoisotopic (exact) mass is 415 g/mol. The number of amides is 3. The molecule has 2 aliphatic carbocycles. The van der Waals surface area contributed by atoms with E-state index in [-0.39, 0.29) is 41.2 Å². The number of likely N-dealkylation sites (tertiary alicyclic amines) is 1. The Morgan fingerprint density at radius 2 is 1.83 bits per heavy atom. The summed E-state index contributed by atoms with van der Waals surface area (Å²) in [5, 5.41) is 2.73. The minimum absolute atomic E-state index is 0.0247.